The van der Waals surface area contributed by atoms with Crippen LogP contribution < -0.4 is 10.2 Å². The number of carbonyl (C=O) groups excluding carboxylic acids is 1. The molecule has 0 spiro atoms. The molecule has 25 heavy (non-hydrogen) atoms. The molecule has 0 saturated carbocycles. The van der Waals surface area contributed by atoms with E-state index in [-0.39, 0.29) is 5.91 Å². The monoisotopic (exact) mass is 354 g/mol. The highest BCUT2D eigenvalue weighted by atomic mass is 32.1. The number of rotatable bonds is 5. The Balaban J connectivity index is 1.76. The predicted octanol–water partition coefficient (Wildman–Crippen LogP) is 4.62. The Morgan fingerprint density at radius 1 is 1.16 bits per heavy atom. The fraction of sp³-hybridized carbons (Fsp3) is 0.158. The van der Waals surface area contributed by atoms with E-state index in [0.717, 1.165) is 27.3 Å². The molecule has 1 N–H and O–H groups in total. The van der Waals surface area contributed by atoms with Gasteiger partial charge < -0.3 is 10.2 Å². The van der Waals surface area contributed by atoms with Gasteiger partial charge in [0.25, 0.3) is 5.91 Å². The van der Waals surface area contributed by atoms with E-state index in [1.165, 1.54) is 18.4 Å². The second-order valence-corrected chi connectivity index (χ2v) is 6.73. The van der Waals surface area contributed by atoms with Crippen LogP contribution in [-0.4, -0.2) is 18.0 Å². The standard InChI is InChI=1S/C19H18N2O3S/c1-12-11-20-9-8-16(12)19(22)21-15-6-4-14(5-7-15)17-10-18(24-23-3)25-13(17)2/h4-11H,1-3H3,(H,21,22). The smallest absolute Gasteiger partial charge is 0.256 e. The van der Waals surface area contributed by atoms with Crippen LogP contribution in [0.1, 0.15) is 20.8 Å². The summed E-state index contributed by atoms with van der Waals surface area (Å²) in [7, 11) is 1.48. The number of amides is 1. The molecule has 6 heteroatoms. The van der Waals surface area contributed by atoms with Gasteiger partial charge in [0.1, 0.15) is 0 Å². The molecule has 2 heterocycles. The Hall–Kier alpha value is -2.70. The van der Waals surface area contributed by atoms with Crippen LogP contribution in [-0.2, 0) is 4.89 Å². The molecule has 0 bridgehead atoms. The van der Waals surface area contributed by atoms with E-state index in [2.05, 4.69) is 10.3 Å². The van der Waals surface area contributed by atoms with Crippen molar-refractivity contribution in [1.82, 2.24) is 4.98 Å². The van der Waals surface area contributed by atoms with Crippen LogP contribution in [0.25, 0.3) is 11.1 Å². The molecule has 2 aromatic heterocycles. The van der Waals surface area contributed by atoms with Crippen molar-refractivity contribution in [2.75, 3.05) is 12.4 Å². The van der Waals surface area contributed by atoms with Gasteiger partial charge in [0.15, 0.2) is 0 Å². The molecule has 3 rings (SSSR count). The molecule has 0 aliphatic heterocycles. The van der Waals surface area contributed by atoms with Crippen molar-refractivity contribution in [2.24, 2.45) is 0 Å². The second-order valence-electron chi connectivity index (χ2n) is 5.51. The minimum atomic E-state index is -0.143. The Labute approximate surface area is 150 Å². The molecule has 0 atom stereocenters. The van der Waals surface area contributed by atoms with Gasteiger partial charge in [-0.05, 0) is 48.7 Å². The molecule has 5 nitrogen and oxygen atoms in total. The van der Waals surface area contributed by atoms with Crippen LogP contribution in [0, 0.1) is 13.8 Å². The molecular formula is C19H18N2O3S. The number of pyridine rings is 1. The van der Waals surface area contributed by atoms with Crippen LogP contribution >= 0.6 is 11.3 Å². The van der Waals surface area contributed by atoms with E-state index in [9.17, 15) is 4.79 Å². The minimum absolute atomic E-state index is 0.143. The van der Waals surface area contributed by atoms with Gasteiger partial charge in [-0.25, -0.2) is 0 Å². The molecule has 128 valence electrons. The summed E-state index contributed by atoms with van der Waals surface area (Å²) in [6.07, 6.45) is 3.29. The van der Waals surface area contributed by atoms with Gasteiger partial charge in [-0.15, -0.1) is 11.3 Å². The van der Waals surface area contributed by atoms with Crippen molar-refractivity contribution >= 4 is 22.9 Å². The van der Waals surface area contributed by atoms with Gasteiger partial charge in [0.2, 0.25) is 5.06 Å². The van der Waals surface area contributed by atoms with Crippen molar-refractivity contribution in [1.29, 1.82) is 0 Å². The average molecular weight is 354 g/mol. The normalized spacial score (nSPS) is 10.5. The summed E-state index contributed by atoms with van der Waals surface area (Å²) in [5.41, 5.74) is 4.34. The third-order valence-corrected chi connectivity index (χ3v) is 4.69. The summed E-state index contributed by atoms with van der Waals surface area (Å²) >= 11 is 1.52. The Kier molecular flexibility index (Phi) is 5.11. The van der Waals surface area contributed by atoms with Gasteiger partial charge in [-0.3, -0.25) is 9.78 Å². The highest BCUT2D eigenvalue weighted by Gasteiger charge is 2.11. The van der Waals surface area contributed by atoms with E-state index in [4.69, 9.17) is 9.78 Å². The maximum atomic E-state index is 12.4. The maximum Gasteiger partial charge on any atom is 0.256 e. The van der Waals surface area contributed by atoms with E-state index in [1.807, 2.05) is 44.2 Å². The number of anilines is 1. The zero-order valence-corrected chi connectivity index (χ0v) is 15.0. The largest absolute Gasteiger partial charge is 0.327 e. The van der Waals surface area contributed by atoms with Crippen LogP contribution in [0.4, 0.5) is 5.69 Å². The van der Waals surface area contributed by atoms with Gasteiger partial charge in [0, 0.05) is 34.6 Å². The van der Waals surface area contributed by atoms with E-state index in [0.29, 0.717) is 10.6 Å². The van der Waals surface area contributed by atoms with Crippen molar-refractivity contribution in [3.05, 3.63) is 64.8 Å². The van der Waals surface area contributed by atoms with Crippen molar-refractivity contribution in [3.8, 4) is 16.2 Å². The first-order valence-electron chi connectivity index (χ1n) is 7.72. The molecule has 0 aliphatic rings. The fourth-order valence-corrected chi connectivity index (χ4v) is 3.39. The number of hydrogen-bond donors (Lipinski definition) is 1. The fourth-order valence-electron chi connectivity index (χ4n) is 2.52. The summed E-state index contributed by atoms with van der Waals surface area (Å²) in [6.45, 7) is 3.90. The zero-order chi connectivity index (χ0) is 17.8. The molecular weight excluding hydrogens is 336 g/mol. The van der Waals surface area contributed by atoms with Crippen molar-refractivity contribution < 1.29 is 14.6 Å². The van der Waals surface area contributed by atoms with Crippen molar-refractivity contribution in [2.45, 2.75) is 13.8 Å². The van der Waals surface area contributed by atoms with Crippen LogP contribution in [0.15, 0.2) is 48.8 Å². The number of nitrogens with zero attached hydrogens (tertiary/aromatic N) is 1. The van der Waals surface area contributed by atoms with Crippen LogP contribution in [0.2, 0.25) is 0 Å². The molecule has 0 unspecified atom stereocenters. The van der Waals surface area contributed by atoms with E-state index >= 15 is 0 Å². The predicted molar refractivity (Wildman–Crippen MR) is 99.1 cm³/mol. The summed E-state index contributed by atoms with van der Waals surface area (Å²) in [5, 5.41) is 3.62. The van der Waals surface area contributed by atoms with Gasteiger partial charge >= 0.3 is 0 Å². The first kappa shape index (κ1) is 17.1. The third kappa shape index (κ3) is 3.87. The number of hydrogen-bond acceptors (Lipinski definition) is 5. The molecule has 1 amide bonds. The molecule has 1 aromatic carbocycles. The van der Waals surface area contributed by atoms with Crippen LogP contribution in [0.3, 0.4) is 0 Å². The Morgan fingerprint density at radius 3 is 2.60 bits per heavy atom. The number of carbonyl (C=O) groups is 1. The first-order chi connectivity index (χ1) is 12.1. The quantitative estimate of drug-likeness (QED) is 0.536. The van der Waals surface area contributed by atoms with E-state index < -0.39 is 0 Å². The van der Waals surface area contributed by atoms with Crippen LogP contribution in [0.5, 0.6) is 5.06 Å². The highest BCUT2D eigenvalue weighted by Crippen LogP contribution is 2.36. The SMILES string of the molecule is COOc1cc(-c2ccc(NC(=O)c3ccncc3C)cc2)c(C)s1. The summed E-state index contributed by atoms with van der Waals surface area (Å²) in [4.78, 5) is 27.3. The molecule has 0 fully saturated rings. The topological polar surface area (TPSA) is 60.5 Å². The van der Waals surface area contributed by atoms with Gasteiger partial charge in [-0.1, -0.05) is 12.1 Å². The maximum absolute atomic E-state index is 12.4. The lowest BCUT2D eigenvalue weighted by Gasteiger charge is -2.08. The first-order valence-corrected chi connectivity index (χ1v) is 8.53. The average Bonchev–Trinajstić information content (AvgIpc) is 2.97. The summed E-state index contributed by atoms with van der Waals surface area (Å²) < 4.78 is 0. The zero-order valence-electron chi connectivity index (χ0n) is 14.2. The summed E-state index contributed by atoms with van der Waals surface area (Å²) in [6, 6.07) is 11.4. The number of aromatic nitrogens is 1. The number of aryl methyl sites for hydroxylation is 2. The van der Waals surface area contributed by atoms with Crippen molar-refractivity contribution in [3.63, 3.8) is 0 Å². The molecule has 3 aromatic rings. The molecule has 0 radical (unpaired) electrons. The second kappa shape index (κ2) is 7.46. The minimum Gasteiger partial charge on any atom is -0.327 e. The Bertz CT molecular complexity index is 888. The van der Waals surface area contributed by atoms with Gasteiger partial charge in [-0.2, -0.15) is 4.89 Å². The third-order valence-electron chi connectivity index (χ3n) is 3.78. The lowest BCUT2D eigenvalue weighted by atomic mass is 10.1. The Morgan fingerprint density at radius 2 is 1.92 bits per heavy atom. The highest BCUT2D eigenvalue weighted by molar-refractivity contribution is 7.14. The lowest BCUT2D eigenvalue weighted by molar-refractivity contribution is -0.174. The van der Waals surface area contributed by atoms with E-state index in [1.54, 1.807) is 18.5 Å². The number of benzene rings is 1. The number of nitrogens with one attached hydrogen (secondary N) is 1. The van der Waals surface area contributed by atoms with Gasteiger partial charge in [0.05, 0.1) is 7.11 Å². The molecule has 0 saturated heterocycles. The summed E-state index contributed by atoms with van der Waals surface area (Å²) in [5.74, 6) is -0.143. The lowest BCUT2D eigenvalue weighted by Crippen LogP contribution is -2.13. The molecule has 0 aliphatic carbocycles. The number of thiophene rings is 1.